The van der Waals surface area contributed by atoms with Crippen LogP contribution < -0.4 is 5.56 Å². The van der Waals surface area contributed by atoms with Gasteiger partial charge in [0.1, 0.15) is 0 Å². The van der Waals surface area contributed by atoms with Gasteiger partial charge in [0.15, 0.2) is 5.78 Å². The summed E-state index contributed by atoms with van der Waals surface area (Å²) < 4.78 is 1.14. The largest absolute Gasteiger partial charge is 0.336 e. The molecule has 0 amide bonds. The molecule has 0 aliphatic carbocycles. The lowest BCUT2D eigenvalue weighted by Gasteiger charge is -2.10. The average Bonchev–Trinajstić information content (AvgIpc) is 2.43. The van der Waals surface area contributed by atoms with Gasteiger partial charge in [-0.3, -0.25) is 24.3 Å². The molecule has 0 N–H and O–H groups in total. The smallest absolute Gasteiger partial charge is 0.299 e. The highest BCUT2D eigenvalue weighted by Gasteiger charge is 2.21. The standard InChI is InChI=1S/C15H14N2O4/c1-10-8-11(2)16(15(19)14(10)17(20)21)9-13(18)12-6-4-3-5-7-12/h3-8H,9H2,1-2H3. The van der Waals surface area contributed by atoms with Crippen LogP contribution in [0.3, 0.4) is 0 Å². The molecular formula is C15H14N2O4. The molecule has 0 atom stereocenters. The number of nitro groups is 1. The van der Waals surface area contributed by atoms with Crippen molar-refractivity contribution in [2.24, 2.45) is 0 Å². The fourth-order valence-corrected chi connectivity index (χ4v) is 2.19. The van der Waals surface area contributed by atoms with E-state index in [0.717, 1.165) is 4.57 Å². The third-order valence-electron chi connectivity index (χ3n) is 3.25. The van der Waals surface area contributed by atoms with Crippen LogP contribution in [-0.4, -0.2) is 15.3 Å². The Bertz CT molecular complexity index is 763. The summed E-state index contributed by atoms with van der Waals surface area (Å²) in [5.74, 6) is -0.265. The van der Waals surface area contributed by atoms with Gasteiger partial charge in [-0.15, -0.1) is 0 Å². The Kier molecular flexibility index (Phi) is 3.98. The van der Waals surface area contributed by atoms with Crippen LogP contribution in [0.4, 0.5) is 5.69 Å². The van der Waals surface area contributed by atoms with Crippen molar-refractivity contribution in [3.8, 4) is 0 Å². The molecule has 2 rings (SSSR count). The van der Waals surface area contributed by atoms with E-state index in [1.807, 2.05) is 0 Å². The van der Waals surface area contributed by atoms with Gasteiger partial charge in [0, 0.05) is 16.8 Å². The number of benzene rings is 1. The lowest BCUT2D eigenvalue weighted by molar-refractivity contribution is -0.387. The van der Waals surface area contributed by atoms with E-state index >= 15 is 0 Å². The monoisotopic (exact) mass is 286 g/mol. The SMILES string of the molecule is Cc1cc(C)n(CC(=O)c2ccccc2)c(=O)c1[N+](=O)[O-]. The molecule has 6 heteroatoms. The number of nitrogens with zero attached hydrogens (tertiary/aromatic N) is 2. The molecule has 6 nitrogen and oxygen atoms in total. The van der Waals surface area contributed by atoms with Crippen molar-refractivity contribution in [1.82, 2.24) is 4.57 Å². The molecule has 0 saturated carbocycles. The van der Waals surface area contributed by atoms with Crippen molar-refractivity contribution in [3.05, 3.63) is 73.7 Å². The summed E-state index contributed by atoms with van der Waals surface area (Å²) in [4.78, 5) is 34.6. The predicted octanol–water partition coefficient (Wildman–Crippen LogP) is 2.26. The quantitative estimate of drug-likeness (QED) is 0.490. The van der Waals surface area contributed by atoms with Crippen molar-refractivity contribution in [2.45, 2.75) is 20.4 Å². The Labute approximate surface area is 120 Å². The Morgan fingerprint density at radius 1 is 1.24 bits per heavy atom. The van der Waals surface area contributed by atoms with E-state index in [9.17, 15) is 19.7 Å². The zero-order valence-electron chi connectivity index (χ0n) is 11.7. The van der Waals surface area contributed by atoms with Crippen LogP contribution in [-0.2, 0) is 6.54 Å². The van der Waals surface area contributed by atoms with Crippen LogP contribution in [0.5, 0.6) is 0 Å². The van der Waals surface area contributed by atoms with Crippen molar-refractivity contribution in [2.75, 3.05) is 0 Å². The molecule has 21 heavy (non-hydrogen) atoms. The summed E-state index contributed by atoms with van der Waals surface area (Å²) >= 11 is 0. The number of pyridine rings is 1. The van der Waals surface area contributed by atoms with Gasteiger partial charge < -0.3 is 0 Å². The number of hydrogen-bond donors (Lipinski definition) is 0. The number of rotatable bonds is 4. The lowest BCUT2D eigenvalue weighted by atomic mass is 10.1. The maximum absolute atomic E-state index is 12.2. The van der Waals surface area contributed by atoms with Gasteiger partial charge in [0.2, 0.25) is 0 Å². The van der Waals surface area contributed by atoms with Crippen LogP contribution in [0.1, 0.15) is 21.6 Å². The first-order valence-electron chi connectivity index (χ1n) is 6.35. The Balaban J connectivity index is 2.46. The second kappa shape index (κ2) is 5.70. The van der Waals surface area contributed by atoms with Crippen LogP contribution in [0.2, 0.25) is 0 Å². The Morgan fingerprint density at radius 2 is 1.86 bits per heavy atom. The highest BCUT2D eigenvalue weighted by molar-refractivity contribution is 5.95. The highest BCUT2D eigenvalue weighted by Crippen LogP contribution is 2.14. The Morgan fingerprint density at radius 3 is 2.43 bits per heavy atom. The normalized spacial score (nSPS) is 10.4. The molecule has 0 spiro atoms. The Hall–Kier alpha value is -2.76. The van der Waals surface area contributed by atoms with E-state index in [0.29, 0.717) is 16.8 Å². The highest BCUT2D eigenvalue weighted by atomic mass is 16.6. The van der Waals surface area contributed by atoms with Gasteiger partial charge >= 0.3 is 11.2 Å². The fraction of sp³-hybridized carbons (Fsp3) is 0.200. The van der Waals surface area contributed by atoms with Crippen LogP contribution in [0.25, 0.3) is 0 Å². The average molecular weight is 286 g/mol. The lowest BCUT2D eigenvalue weighted by Crippen LogP contribution is -2.28. The van der Waals surface area contributed by atoms with E-state index in [1.54, 1.807) is 37.3 Å². The number of ketones is 1. The van der Waals surface area contributed by atoms with E-state index in [2.05, 4.69) is 0 Å². The number of carbonyl (C=O) groups is 1. The summed E-state index contributed by atoms with van der Waals surface area (Å²) in [7, 11) is 0. The minimum Gasteiger partial charge on any atom is -0.299 e. The molecule has 2 aromatic rings. The van der Waals surface area contributed by atoms with Crippen LogP contribution in [0.15, 0.2) is 41.2 Å². The van der Waals surface area contributed by atoms with E-state index in [4.69, 9.17) is 0 Å². The van der Waals surface area contributed by atoms with Gasteiger partial charge in [-0.25, -0.2) is 0 Å². The van der Waals surface area contributed by atoms with E-state index < -0.39 is 16.2 Å². The maximum Gasteiger partial charge on any atom is 0.336 e. The fourth-order valence-electron chi connectivity index (χ4n) is 2.19. The molecule has 1 aromatic carbocycles. The third kappa shape index (κ3) is 2.89. The van der Waals surface area contributed by atoms with Crippen molar-refractivity contribution in [3.63, 3.8) is 0 Å². The third-order valence-corrected chi connectivity index (χ3v) is 3.25. The summed E-state index contributed by atoms with van der Waals surface area (Å²) in [6.07, 6.45) is 0. The van der Waals surface area contributed by atoms with E-state index in [1.165, 1.54) is 13.0 Å². The zero-order chi connectivity index (χ0) is 15.6. The van der Waals surface area contributed by atoms with Crippen molar-refractivity contribution >= 4 is 11.5 Å². The molecule has 1 aromatic heterocycles. The van der Waals surface area contributed by atoms with Crippen LogP contribution in [0, 0.1) is 24.0 Å². The maximum atomic E-state index is 12.2. The first-order valence-corrected chi connectivity index (χ1v) is 6.35. The topological polar surface area (TPSA) is 82.2 Å². The van der Waals surface area contributed by atoms with Gasteiger partial charge in [-0.05, 0) is 19.9 Å². The minimum absolute atomic E-state index is 0.213. The molecule has 0 radical (unpaired) electrons. The molecule has 0 aliphatic rings. The molecule has 0 saturated heterocycles. The zero-order valence-corrected chi connectivity index (χ0v) is 11.7. The van der Waals surface area contributed by atoms with Crippen LogP contribution >= 0.6 is 0 Å². The minimum atomic E-state index is -0.748. The number of carbonyl (C=O) groups excluding carboxylic acids is 1. The van der Waals surface area contributed by atoms with Gasteiger partial charge in [0.05, 0.1) is 11.5 Å². The number of hydrogen-bond acceptors (Lipinski definition) is 4. The summed E-state index contributed by atoms with van der Waals surface area (Å²) in [5.41, 5.74) is 0.0496. The molecule has 1 heterocycles. The first-order chi connectivity index (χ1) is 9.91. The second-order valence-electron chi connectivity index (χ2n) is 4.75. The molecule has 108 valence electrons. The van der Waals surface area contributed by atoms with Crippen molar-refractivity contribution in [1.29, 1.82) is 0 Å². The summed E-state index contributed by atoms with van der Waals surface area (Å²) in [5, 5.41) is 11.0. The predicted molar refractivity (Wildman–Crippen MR) is 77.6 cm³/mol. The number of Topliss-reactive ketones (excluding diaryl/α,β-unsaturated/α-hetero) is 1. The second-order valence-corrected chi connectivity index (χ2v) is 4.75. The number of aromatic nitrogens is 1. The first kappa shape index (κ1) is 14.6. The molecule has 0 unspecified atom stereocenters. The number of aryl methyl sites for hydroxylation is 2. The molecule has 0 bridgehead atoms. The summed E-state index contributed by atoms with van der Waals surface area (Å²) in [6.45, 7) is 2.95. The van der Waals surface area contributed by atoms with Gasteiger partial charge in [0.25, 0.3) is 0 Å². The van der Waals surface area contributed by atoms with Crippen molar-refractivity contribution < 1.29 is 9.72 Å². The van der Waals surface area contributed by atoms with E-state index in [-0.39, 0.29) is 12.3 Å². The molecule has 0 aliphatic heterocycles. The van der Waals surface area contributed by atoms with Gasteiger partial charge in [-0.1, -0.05) is 30.3 Å². The molecular weight excluding hydrogens is 272 g/mol. The summed E-state index contributed by atoms with van der Waals surface area (Å²) in [6, 6.07) is 10.1. The molecule has 0 fully saturated rings. The van der Waals surface area contributed by atoms with Gasteiger partial charge in [-0.2, -0.15) is 0 Å².